The fourth-order valence-corrected chi connectivity index (χ4v) is 1.72. The first kappa shape index (κ1) is 15.1. The van der Waals surface area contributed by atoms with Gasteiger partial charge in [0.2, 0.25) is 0 Å². The van der Waals surface area contributed by atoms with Crippen molar-refractivity contribution in [3.63, 3.8) is 0 Å². The zero-order valence-electron chi connectivity index (χ0n) is 11.1. The van der Waals surface area contributed by atoms with Gasteiger partial charge >= 0.3 is 0 Å². The molecule has 2 N–H and O–H groups in total. The van der Waals surface area contributed by atoms with Crippen molar-refractivity contribution in [2.45, 2.75) is 19.1 Å². The van der Waals surface area contributed by atoms with Crippen molar-refractivity contribution in [3.05, 3.63) is 35.9 Å². The summed E-state index contributed by atoms with van der Waals surface area (Å²) in [7, 11) is 1.92. The second kappa shape index (κ2) is 9.05. The molecule has 2 atom stereocenters. The van der Waals surface area contributed by atoms with Gasteiger partial charge in [-0.25, -0.2) is 0 Å². The summed E-state index contributed by atoms with van der Waals surface area (Å²) in [5, 5.41) is 11.8. The van der Waals surface area contributed by atoms with Crippen LogP contribution in [0.25, 0.3) is 0 Å². The second-order valence-corrected chi connectivity index (χ2v) is 4.12. The number of aliphatic hydroxyl groups excluding tert-OH is 1. The minimum absolute atomic E-state index is 0.00827. The number of nitrogens with one attached hydrogen (secondary N) is 1. The molecule has 1 rings (SSSR count). The topological polar surface area (TPSA) is 50.7 Å². The summed E-state index contributed by atoms with van der Waals surface area (Å²) < 4.78 is 11.0. The van der Waals surface area contributed by atoms with Crippen molar-refractivity contribution >= 4 is 0 Å². The molecule has 0 aliphatic carbocycles. The molecule has 0 saturated heterocycles. The van der Waals surface area contributed by atoms with Crippen LogP contribution in [-0.4, -0.2) is 44.6 Å². The molecule has 0 aliphatic heterocycles. The van der Waals surface area contributed by atoms with Crippen LogP contribution in [0.5, 0.6) is 0 Å². The van der Waals surface area contributed by atoms with E-state index in [1.165, 1.54) is 0 Å². The van der Waals surface area contributed by atoms with Crippen molar-refractivity contribution in [2.24, 2.45) is 0 Å². The number of rotatable bonds is 9. The third kappa shape index (κ3) is 5.14. The molecule has 102 valence electrons. The van der Waals surface area contributed by atoms with Crippen LogP contribution in [0.2, 0.25) is 0 Å². The van der Waals surface area contributed by atoms with E-state index in [0.717, 1.165) is 5.56 Å². The van der Waals surface area contributed by atoms with Gasteiger partial charge < -0.3 is 19.9 Å². The van der Waals surface area contributed by atoms with Gasteiger partial charge in [0.1, 0.15) is 0 Å². The predicted octanol–water partition coefficient (Wildman–Crippen LogP) is 1.36. The highest BCUT2D eigenvalue weighted by atomic mass is 16.5. The molecule has 1 aromatic carbocycles. The highest BCUT2D eigenvalue weighted by molar-refractivity contribution is 5.18. The fourth-order valence-electron chi connectivity index (χ4n) is 1.72. The Kier molecular flexibility index (Phi) is 7.60. The van der Waals surface area contributed by atoms with Gasteiger partial charge in [0.05, 0.1) is 32.5 Å². The Morgan fingerprint density at radius 2 is 1.89 bits per heavy atom. The normalized spacial score (nSPS) is 14.4. The van der Waals surface area contributed by atoms with E-state index in [1.807, 2.05) is 25.2 Å². The Hall–Kier alpha value is -0.940. The first-order valence-electron chi connectivity index (χ1n) is 6.32. The van der Waals surface area contributed by atoms with E-state index in [4.69, 9.17) is 14.6 Å². The first-order valence-corrected chi connectivity index (χ1v) is 6.32. The standard InChI is InChI=1S/C14H23NO3/c1-12(15-2)14(13-6-4-3-5-7-13)18-11-10-17-9-8-16/h3-7,12,14-16H,8-11H2,1-2H3/t12-,14-/m0/s1. The Morgan fingerprint density at radius 3 is 2.50 bits per heavy atom. The Bertz CT molecular complexity index is 305. The molecule has 4 nitrogen and oxygen atoms in total. The van der Waals surface area contributed by atoms with E-state index >= 15 is 0 Å². The van der Waals surface area contributed by atoms with Gasteiger partial charge in [0.25, 0.3) is 0 Å². The number of likely N-dealkylation sites (N-methyl/N-ethyl adjacent to an activating group) is 1. The molecule has 0 radical (unpaired) electrons. The number of aliphatic hydroxyl groups is 1. The Labute approximate surface area is 109 Å². The lowest BCUT2D eigenvalue weighted by molar-refractivity contribution is -0.0148. The van der Waals surface area contributed by atoms with Crippen molar-refractivity contribution in [1.82, 2.24) is 5.32 Å². The summed E-state index contributed by atoms with van der Waals surface area (Å²) in [6.45, 7) is 3.52. The fraction of sp³-hybridized carbons (Fsp3) is 0.571. The number of hydrogen-bond donors (Lipinski definition) is 2. The number of ether oxygens (including phenoxy) is 2. The van der Waals surface area contributed by atoms with Gasteiger partial charge in [-0.05, 0) is 19.5 Å². The van der Waals surface area contributed by atoms with Crippen molar-refractivity contribution in [3.8, 4) is 0 Å². The third-order valence-corrected chi connectivity index (χ3v) is 2.80. The third-order valence-electron chi connectivity index (χ3n) is 2.80. The van der Waals surface area contributed by atoms with Crippen molar-refractivity contribution in [1.29, 1.82) is 0 Å². The van der Waals surface area contributed by atoms with Crippen LogP contribution in [0.3, 0.4) is 0 Å². The van der Waals surface area contributed by atoms with Crippen LogP contribution in [0.15, 0.2) is 30.3 Å². The van der Waals surface area contributed by atoms with Gasteiger partial charge in [-0.2, -0.15) is 0 Å². The Balaban J connectivity index is 2.47. The molecule has 0 aliphatic rings. The predicted molar refractivity (Wildman–Crippen MR) is 71.6 cm³/mol. The van der Waals surface area contributed by atoms with Crippen LogP contribution >= 0.6 is 0 Å². The van der Waals surface area contributed by atoms with Gasteiger partial charge in [0, 0.05) is 6.04 Å². The monoisotopic (exact) mass is 253 g/mol. The van der Waals surface area contributed by atoms with E-state index in [2.05, 4.69) is 24.4 Å². The van der Waals surface area contributed by atoms with E-state index in [0.29, 0.717) is 19.8 Å². The lowest BCUT2D eigenvalue weighted by Crippen LogP contribution is -2.31. The quantitative estimate of drug-likeness (QED) is 0.653. The van der Waals surface area contributed by atoms with Crippen LogP contribution < -0.4 is 5.32 Å². The maximum atomic E-state index is 8.60. The lowest BCUT2D eigenvalue weighted by atomic mass is 10.0. The average molecular weight is 253 g/mol. The SMILES string of the molecule is CN[C@@H](C)[C@H](OCCOCCO)c1ccccc1. The average Bonchev–Trinajstić information content (AvgIpc) is 2.43. The molecule has 0 heterocycles. The van der Waals surface area contributed by atoms with Gasteiger partial charge in [0.15, 0.2) is 0 Å². The second-order valence-electron chi connectivity index (χ2n) is 4.12. The molecule has 0 saturated carbocycles. The molecule has 0 amide bonds. The largest absolute Gasteiger partial charge is 0.394 e. The van der Waals surface area contributed by atoms with E-state index < -0.39 is 0 Å². The maximum absolute atomic E-state index is 8.60. The van der Waals surface area contributed by atoms with Gasteiger partial charge in [-0.15, -0.1) is 0 Å². The van der Waals surface area contributed by atoms with Crippen LogP contribution in [-0.2, 0) is 9.47 Å². The minimum Gasteiger partial charge on any atom is -0.394 e. The summed E-state index contributed by atoms with van der Waals surface area (Å²) in [4.78, 5) is 0. The van der Waals surface area contributed by atoms with E-state index in [9.17, 15) is 0 Å². The van der Waals surface area contributed by atoms with Crippen molar-refractivity contribution in [2.75, 3.05) is 33.5 Å². The Morgan fingerprint density at radius 1 is 1.17 bits per heavy atom. The smallest absolute Gasteiger partial charge is 0.0976 e. The summed E-state index contributed by atoms with van der Waals surface area (Å²) in [6, 6.07) is 10.4. The minimum atomic E-state index is 0.00827. The van der Waals surface area contributed by atoms with Gasteiger partial charge in [-0.1, -0.05) is 30.3 Å². The summed E-state index contributed by atoms with van der Waals surface area (Å²) in [5.41, 5.74) is 1.15. The highest BCUT2D eigenvalue weighted by Crippen LogP contribution is 2.20. The number of benzene rings is 1. The summed E-state index contributed by atoms with van der Waals surface area (Å²) in [6.07, 6.45) is 0.00827. The zero-order valence-corrected chi connectivity index (χ0v) is 11.1. The van der Waals surface area contributed by atoms with Crippen LogP contribution in [0.4, 0.5) is 0 Å². The number of hydrogen-bond acceptors (Lipinski definition) is 4. The molecule has 18 heavy (non-hydrogen) atoms. The van der Waals surface area contributed by atoms with Crippen LogP contribution in [0.1, 0.15) is 18.6 Å². The molecule has 0 spiro atoms. The van der Waals surface area contributed by atoms with Crippen molar-refractivity contribution < 1.29 is 14.6 Å². The molecule has 4 heteroatoms. The summed E-state index contributed by atoms with van der Waals surface area (Å²) in [5.74, 6) is 0. The molecule has 0 unspecified atom stereocenters. The summed E-state index contributed by atoms with van der Waals surface area (Å²) >= 11 is 0. The lowest BCUT2D eigenvalue weighted by Gasteiger charge is -2.24. The van der Waals surface area contributed by atoms with E-state index in [1.54, 1.807) is 0 Å². The molecule has 0 aromatic heterocycles. The first-order chi connectivity index (χ1) is 8.79. The molecular weight excluding hydrogens is 230 g/mol. The maximum Gasteiger partial charge on any atom is 0.0976 e. The molecular formula is C14H23NO3. The highest BCUT2D eigenvalue weighted by Gasteiger charge is 2.18. The van der Waals surface area contributed by atoms with Gasteiger partial charge in [-0.3, -0.25) is 0 Å². The molecule has 0 fully saturated rings. The van der Waals surface area contributed by atoms with Crippen LogP contribution in [0, 0.1) is 0 Å². The molecule has 0 bridgehead atoms. The van der Waals surface area contributed by atoms with E-state index in [-0.39, 0.29) is 18.8 Å². The zero-order chi connectivity index (χ0) is 13.2. The molecule has 1 aromatic rings.